The minimum absolute atomic E-state index is 0.0645. The first kappa shape index (κ1) is 23.2. The second-order valence-electron chi connectivity index (χ2n) is 8.56. The number of nitrogens with zero attached hydrogens (tertiary/aromatic N) is 2. The van der Waals surface area contributed by atoms with Crippen molar-refractivity contribution < 1.29 is 24.8 Å². The zero-order valence-electron chi connectivity index (χ0n) is 18.7. The predicted molar refractivity (Wildman–Crippen MR) is 126 cm³/mol. The van der Waals surface area contributed by atoms with E-state index in [-0.39, 0.29) is 24.7 Å². The van der Waals surface area contributed by atoms with Crippen LogP contribution in [0.1, 0.15) is 30.5 Å². The molecule has 2 atom stereocenters. The summed E-state index contributed by atoms with van der Waals surface area (Å²) < 4.78 is 12.8. The third-order valence-electron chi connectivity index (χ3n) is 5.92. The smallest absolute Gasteiger partial charge is 0.137 e. The molecule has 2 heterocycles. The van der Waals surface area contributed by atoms with Gasteiger partial charge in [-0.25, -0.2) is 4.98 Å². The van der Waals surface area contributed by atoms with Crippen LogP contribution >= 0.6 is 0 Å². The molecule has 0 radical (unpaired) electrons. The van der Waals surface area contributed by atoms with Gasteiger partial charge < -0.3 is 29.4 Å². The topological polar surface area (TPSA) is 97.0 Å². The molecule has 0 spiro atoms. The lowest BCUT2D eigenvalue weighted by atomic mass is 9.88. The van der Waals surface area contributed by atoms with Crippen LogP contribution in [0.3, 0.4) is 0 Å². The first-order valence-corrected chi connectivity index (χ1v) is 11.1. The first-order chi connectivity index (χ1) is 16.0. The van der Waals surface area contributed by atoms with E-state index in [1.54, 1.807) is 23.9 Å². The number of aliphatic hydroxyl groups excluding tert-OH is 3. The van der Waals surface area contributed by atoms with Crippen LogP contribution in [0.25, 0.3) is 17.2 Å². The van der Waals surface area contributed by atoms with Crippen molar-refractivity contribution in [3.05, 3.63) is 78.4 Å². The maximum absolute atomic E-state index is 9.86. The van der Waals surface area contributed by atoms with Gasteiger partial charge in [0.15, 0.2) is 0 Å². The summed E-state index contributed by atoms with van der Waals surface area (Å²) in [5, 5.41) is 29.2. The lowest BCUT2D eigenvalue weighted by Gasteiger charge is -2.39. The van der Waals surface area contributed by atoms with Crippen LogP contribution in [0.2, 0.25) is 0 Å². The highest BCUT2D eigenvalue weighted by Gasteiger charge is 2.39. The van der Waals surface area contributed by atoms with Crippen molar-refractivity contribution in [1.82, 2.24) is 9.55 Å². The molecule has 1 aliphatic rings. The zero-order chi connectivity index (χ0) is 23.3. The highest BCUT2D eigenvalue weighted by Crippen LogP contribution is 2.29. The molecule has 1 fully saturated rings. The van der Waals surface area contributed by atoms with Gasteiger partial charge in [0.25, 0.3) is 0 Å². The lowest BCUT2D eigenvalue weighted by Crippen LogP contribution is -2.49. The molecule has 4 rings (SSSR count). The fraction of sp³-hybridized carbons (Fsp3) is 0.346. The number of hydrogen-bond donors (Lipinski definition) is 3. The van der Waals surface area contributed by atoms with Gasteiger partial charge in [0.1, 0.15) is 24.3 Å². The molecule has 2 aromatic carbocycles. The van der Waals surface area contributed by atoms with E-state index in [0.717, 1.165) is 22.4 Å². The van der Waals surface area contributed by atoms with Gasteiger partial charge in [-0.2, -0.15) is 0 Å². The van der Waals surface area contributed by atoms with Gasteiger partial charge in [0.05, 0.1) is 37.9 Å². The maximum atomic E-state index is 9.86. The molecule has 0 aliphatic carbocycles. The fourth-order valence-corrected chi connectivity index (χ4v) is 3.77. The summed E-state index contributed by atoms with van der Waals surface area (Å²) in [4.78, 5) is 4.17. The van der Waals surface area contributed by atoms with Crippen molar-refractivity contribution in [2.75, 3.05) is 33.0 Å². The fourth-order valence-electron chi connectivity index (χ4n) is 3.77. The number of benzene rings is 2. The summed E-state index contributed by atoms with van der Waals surface area (Å²) in [6.07, 6.45) is 6.53. The van der Waals surface area contributed by atoms with Crippen LogP contribution in [0, 0.1) is 5.41 Å². The molecular formula is C26H30N2O5. The molecule has 0 saturated carbocycles. The summed E-state index contributed by atoms with van der Waals surface area (Å²) in [6.45, 7) is 3.14. The van der Waals surface area contributed by atoms with E-state index in [2.05, 4.69) is 4.98 Å². The Bertz CT molecular complexity index is 1050. The van der Waals surface area contributed by atoms with Crippen LogP contribution in [-0.4, -0.2) is 57.9 Å². The Morgan fingerprint density at radius 1 is 1.09 bits per heavy atom. The minimum Gasteiger partial charge on any atom is -0.493 e. The molecule has 1 aromatic heterocycles. The number of rotatable bonds is 10. The van der Waals surface area contributed by atoms with Gasteiger partial charge in [-0.05, 0) is 35.7 Å². The van der Waals surface area contributed by atoms with E-state index in [9.17, 15) is 15.3 Å². The molecular weight excluding hydrogens is 420 g/mol. The molecule has 3 N–H and O–H groups in total. The van der Waals surface area contributed by atoms with Crippen molar-refractivity contribution >= 4 is 6.08 Å². The Morgan fingerprint density at radius 2 is 1.76 bits per heavy atom. The van der Waals surface area contributed by atoms with Gasteiger partial charge >= 0.3 is 0 Å². The molecule has 0 unspecified atom stereocenters. The third kappa shape index (κ3) is 5.34. The van der Waals surface area contributed by atoms with Crippen molar-refractivity contribution in [3.63, 3.8) is 0 Å². The molecule has 7 nitrogen and oxygen atoms in total. The highest BCUT2D eigenvalue weighted by atomic mass is 16.5. The zero-order valence-corrected chi connectivity index (χ0v) is 18.7. The molecule has 7 heteroatoms. The molecule has 0 amide bonds. The summed E-state index contributed by atoms with van der Waals surface area (Å²) >= 11 is 0. The van der Waals surface area contributed by atoms with Crippen molar-refractivity contribution in [2.24, 2.45) is 5.41 Å². The Hall–Kier alpha value is -2.97. The van der Waals surface area contributed by atoms with Crippen LogP contribution in [-0.2, 0) is 4.74 Å². The predicted octanol–water partition coefficient (Wildman–Crippen LogP) is 3.24. The number of ether oxygens (including phenoxy) is 2. The van der Waals surface area contributed by atoms with Gasteiger partial charge in [-0.15, -0.1) is 0 Å². The minimum atomic E-state index is -0.707. The molecule has 33 heavy (non-hydrogen) atoms. The average molecular weight is 451 g/mol. The summed E-state index contributed by atoms with van der Waals surface area (Å²) in [5.74, 6) is 1.29. The van der Waals surface area contributed by atoms with Crippen molar-refractivity contribution in [3.8, 4) is 16.9 Å². The Labute approximate surface area is 193 Å². The maximum Gasteiger partial charge on any atom is 0.137 e. The normalized spacial score (nSPS) is 17.0. The number of hydrogen-bond acceptors (Lipinski definition) is 6. The van der Waals surface area contributed by atoms with Crippen LogP contribution in [0.5, 0.6) is 5.75 Å². The van der Waals surface area contributed by atoms with E-state index in [1.807, 2.05) is 60.7 Å². The van der Waals surface area contributed by atoms with Crippen molar-refractivity contribution in [1.29, 1.82) is 0 Å². The van der Waals surface area contributed by atoms with Gasteiger partial charge in [-0.1, -0.05) is 48.6 Å². The van der Waals surface area contributed by atoms with E-state index >= 15 is 0 Å². The van der Waals surface area contributed by atoms with Crippen LogP contribution < -0.4 is 4.74 Å². The summed E-state index contributed by atoms with van der Waals surface area (Å²) in [6, 6.07) is 15.7. The van der Waals surface area contributed by atoms with E-state index in [4.69, 9.17) is 9.47 Å². The number of aliphatic hydroxyl groups is 3. The van der Waals surface area contributed by atoms with Crippen molar-refractivity contribution in [2.45, 2.75) is 19.1 Å². The molecule has 1 saturated heterocycles. The summed E-state index contributed by atoms with van der Waals surface area (Å²) in [5.41, 5.74) is 2.90. The molecule has 0 bridgehead atoms. The number of aromatic nitrogens is 2. The lowest BCUT2D eigenvalue weighted by molar-refractivity contribution is -0.153. The quantitative estimate of drug-likeness (QED) is 0.439. The van der Waals surface area contributed by atoms with E-state index in [0.29, 0.717) is 25.6 Å². The molecule has 3 aromatic rings. The molecule has 174 valence electrons. The SMILES string of the molecule is C[C@H](O)c1nccn1[C@@H](/C=C/c1ccc(-c2ccc(OCC3(CO)COC3)cc2)cc1)CO. The van der Waals surface area contributed by atoms with Crippen LogP contribution in [0.4, 0.5) is 0 Å². The number of imidazole rings is 1. The monoisotopic (exact) mass is 450 g/mol. The largest absolute Gasteiger partial charge is 0.493 e. The second kappa shape index (κ2) is 10.3. The Balaban J connectivity index is 1.39. The van der Waals surface area contributed by atoms with E-state index < -0.39 is 6.10 Å². The second-order valence-corrected chi connectivity index (χ2v) is 8.56. The van der Waals surface area contributed by atoms with Crippen LogP contribution in [0.15, 0.2) is 67.0 Å². The Morgan fingerprint density at radius 3 is 2.30 bits per heavy atom. The highest BCUT2D eigenvalue weighted by molar-refractivity contribution is 5.66. The van der Waals surface area contributed by atoms with E-state index in [1.165, 1.54) is 0 Å². The van der Waals surface area contributed by atoms with Gasteiger partial charge in [0.2, 0.25) is 0 Å². The standard InChI is InChI=1S/C26H30N2O5/c1-19(31)25-27-12-13-28(25)23(14-29)9-4-20-2-5-21(6-3-20)22-7-10-24(11-8-22)33-18-26(15-30)16-32-17-26/h2-13,19,23,29-31H,14-18H2,1H3/b9-4+/t19-,23-/m0/s1. The first-order valence-electron chi connectivity index (χ1n) is 11.1. The third-order valence-corrected chi connectivity index (χ3v) is 5.92. The average Bonchev–Trinajstić information content (AvgIpc) is 3.30. The van der Waals surface area contributed by atoms with Gasteiger partial charge in [0, 0.05) is 12.4 Å². The summed E-state index contributed by atoms with van der Waals surface area (Å²) in [7, 11) is 0. The Kier molecular flexibility index (Phi) is 7.25. The molecule has 1 aliphatic heterocycles. The van der Waals surface area contributed by atoms with Gasteiger partial charge in [-0.3, -0.25) is 0 Å².